The van der Waals surface area contributed by atoms with Gasteiger partial charge in [-0.1, -0.05) is 5.16 Å². The highest BCUT2D eigenvalue weighted by molar-refractivity contribution is 5.03. The van der Waals surface area contributed by atoms with Gasteiger partial charge >= 0.3 is 6.18 Å². The van der Waals surface area contributed by atoms with Crippen molar-refractivity contribution >= 4 is 0 Å². The molecule has 0 atom stereocenters. The third kappa shape index (κ3) is 4.63. The topological polar surface area (TPSA) is 49.5 Å². The molecule has 0 unspecified atom stereocenters. The number of aliphatic hydroxyl groups is 1. The van der Waals surface area contributed by atoms with Gasteiger partial charge in [0.25, 0.3) is 0 Å². The fraction of sp³-hybridized carbons (Fsp3) is 0.667. The minimum atomic E-state index is -4.28. The third-order valence-corrected chi connectivity index (χ3v) is 1.88. The van der Waals surface area contributed by atoms with Crippen molar-refractivity contribution in [1.82, 2.24) is 10.1 Å². The highest BCUT2D eigenvalue weighted by Crippen LogP contribution is 2.17. The van der Waals surface area contributed by atoms with Gasteiger partial charge in [0.05, 0.1) is 18.8 Å². The minimum absolute atomic E-state index is 0.0113. The molecule has 0 amide bonds. The molecule has 4 nitrogen and oxygen atoms in total. The Bertz CT molecular complexity index is 325. The quantitative estimate of drug-likeness (QED) is 0.841. The standard InChI is InChI=1S/C9H13F3N2O2/c1-7-4-8(13-16-7)5-14(2-3-15)6-9(10,11)12/h4,15H,2-3,5-6H2,1H3. The van der Waals surface area contributed by atoms with Gasteiger partial charge in [0.1, 0.15) is 5.76 Å². The van der Waals surface area contributed by atoms with Crippen molar-refractivity contribution in [2.45, 2.75) is 19.6 Å². The second-order valence-electron chi connectivity index (χ2n) is 3.48. The molecular formula is C9H13F3N2O2. The zero-order valence-electron chi connectivity index (χ0n) is 8.79. The van der Waals surface area contributed by atoms with E-state index >= 15 is 0 Å². The zero-order valence-corrected chi connectivity index (χ0v) is 8.79. The number of halogens is 3. The van der Waals surface area contributed by atoms with Gasteiger partial charge < -0.3 is 9.63 Å². The number of aliphatic hydroxyl groups excluding tert-OH is 1. The maximum atomic E-state index is 12.2. The first-order valence-electron chi connectivity index (χ1n) is 4.73. The van der Waals surface area contributed by atoms with Crippen molar-refractivity contribution in [2.75, 3.05) is 19.7 Å². The predicted octanol–water partition coefficient (Wildman–Crippen LogP) is 1.34. The van der Waals surface area contributed by atoms with Gasteiger partial charge in [-0.2, -0.15) is 13.2 Å². The summed E-state index contributed by atoms with van der Waals surface area (Å²) in [5.41, 5.74) is 0.426. The maximum absolute atomic E-state index is 12.2. The SMILES string of the molecule is Cc1cc(CN(CCO)CC(F)(F)F)no1. The van der Waals surface area contributed by atoms with E-state index in [1.165, 1.54) is 0 Å². The first-order chi connectivity index (χ1) is 7.40. The molecule has 0 aromatic carbocycles. The fourth-order valence-electron chi connectivity index (χ4n) is 1.33. The minimum Gasteiger partial charge on any atom is -0.395 e. The largest absolute Gasteiger partial charge is 0.401 e. The molecule has 0 spiro atoms. The Balaban J connectivity index is 2.57. The molecule has 0 saturated heterocycles. The van der Waals surface area contributed by atoms with E-state index in [2.05, 4.69) is 5.16 Å². The predicted molar refractivity (Wildman–Crippen MR) is 49.7 cm³/mol. The van der Waals surface area contributed by atoms with Gasteiger partial charge in [-0.15, -0.1) is 0 Å². The lowest BCUT2D eigenvalue weighted by molar-refractivity contribution is -0.148. The van der Waals surface area contributed by atoms with Crippen LogP contribution in [-0.4, -0.2) is 41.0 Å². The molecule has 16 heavy (non-hydrogen) atoms. The van der Waals surface area contributed by atoms with Crippen LogP contribution in [0.1, 0.15) is 11.5 Å². The van der Waals surface area contributed by atoms with E-state index in [9.17, 15) is 13.2 Å². The van der Waals surface area contributed by atoms with E-state index in [0.717, 1.165) is 4.90 Å². The molecule has 0 radical (unpaired) electrons. The number of nitrogens with zero attached hydrogens (tertiary/aromatic N) is 2. The molecule has 0 aliphatic rings. The van der Waals surface area contributed by atoms with Crippen LogP contribution in [-0.2, 0) is 6.54 Å². The molecule has 0 fully saturated rings. The summed E-state index contributed by atoms with van der Waals surface area (Å²) in [5, 5.41) is 12.3. The van der Waals surface area contributed by atoms with Crippen LogP contribution >= 0.6 is 0 Å². The number of alkyl halides is 3. The van der Waals surface area contributed by atoms with Crippen molar-refractivity contribution in [3.05, 3.63) is 17.5 Å². The van der Waals surface area contributed by atoms with Crippen LogP contribution in [0.25, 0.3) is 0 Å². The van der Waals surface area contributed by atoms with E-state index < -0.39 is 12.7 Å². The molecular weight excluding hydrogens is 225 g/mol. The van der Waals surface area contributed by atoms with Gasteiger partial charge in [-0.3, -0.25) is 4.90 Å². The lowest BCUT2D eigenvalue weighted by Gasteiger charge is -2.21. The Kier molecular flexibility index (Phi) is 4.31. The van der Waals surface area contributed by atoms with Gasteiger partial charge in [0.15, 0.2) is 0 Å². The Morgan fingerprint density at radius 2 is 2.19 bits per heavy atom. The highest BCUT2D eigenvalue weighted by atomic mass is 19.4. The van der Waals surface area contributed by atoms with Crippen LogP contribution in [0.15, 0.2) is 10.6 Å². The van der Waals surface area contributed by atoms with Crippen LogP contribution in [0.2, 0.25) is 0 Å². The average molecular weight is 238 g/mol. The molecule has 0 aliphatic heterocycles. The summed E-state index contributed by atoms with van der Waals surface area (Å²) < 4.78 is 41.3. The summed E-state index contributed by atoms with van der Waals surface area (Å²) >= 11 is 0. The number of hydrogen-bond donors (Lipinski definition) is 1. The lowest BCUT2D eigenvalue weighted by atomic mass is 10.3. The van der Waals surface area contributed by atoms with Crippen molar-refractivity contribution in [3.63, 3.8) is 0 Å². The summed E-state index contributed by atoms with van der Waals surface area (Å²) in [6, 6.07) is 1.57. The Morgan fingerprint density at radius 1 is 1.50 bits per heavy atom. The second-order valence-corrected chi connectivity index (χ2v) is 3.48. The Hall–Kier alpha value is -1.08. The first-order valence-corrected chi connectivity index (χ1v) is 4.73. The third-order valence-electron chi connectivity index (χ3n) is 1.88. The zero-order chi connectivity index (χ0) is 12.2. The van der Waals surface area contributed by atoms with E-state index in [0.29, 0.717) is 11.5 Å². The van der Waals surface area contributed by atoms with Crippen LogP contribution in [0, 0.1) is 6.92 Å². The van der Waals surface area contributed by atoms with Gasteiger partial charge in [0.2, 0.25) is 0 Å². The van der Waals surface area contributed by atoms with Crippen LogP contribution in [0.5, 0.6) is 0 Å². The summed E-state index contributed by atoms with van der Waals surface area (Å²) in [6.45, 7) is 0.228. The fourth-order valence-corrected chi connectivity index (χ4v) is 1.33. The molecule has 7 heteroatoms. The number of aryl methyl sites for hydroxylation is 1. The summed E-state index contributed by atoms with van der Waals surface area (Å²) in [7, 11) is 0. The summed E-state index contributed by atoms with van der Waals surface area (Å²) in [5.74, 6) is 0.547. The molecule has 1 N–H and O–H groups in total. The Morgan fingerprint density at radius 3 is 2.62 bits per heavy atom. The van der Waals surface area contributed by atoms with Crippen molar-refractivity contribution in [2.24, 2.45) is 0 Å². The van der Waals surface area contributed by atoms with E-state index in [1.807, 2.05) is 0 Å². The molecule has 0 saturated carbocycles. The summed E-state index contributed by atoms with van der Waals surface area (Å²) in [6.07, 6.45) is -4.28. The monoisotopic (exact) mass is 238 g/mol. The van der Waals surface area contributed by atoms with E-state index in [4.69, 9.17) is 9.63 Å². The Labute approximate surface area is 90.6 Å². The highest BCUT2D eigenvalue weighted by Gasteiger charge is 2.30. The van der Waals surface area contributed by atoms with Gasteiger partial charge in [-0.05, 0) is 6.92 Å². The molecule has 1 rings (SSSR count). The average Bonchev–Trinajstić information content (AvgIpc) is 2.48. The van der Waals surface area contributed by atoms with Crippen molar-refractivity contribution in [3.8, 4) is 0 Å². The molecule has 92 valence electrons. The second kappa shape index (κ2) is 5.31. The molecule has 1 heterocycles. The summed E-state index contributed by atoms with van der Waals surface area (Å²) in [4.78, 5) is 1.07. The van der Waals surface area contributed by atoms with Crippen LogP contribution in [0.4, 0.5) is 13.2 Å². The number of rotatable bonds is 5. The molecule has 1 aromatic rings. The van der Waals surface area contributed by atoms with E-state index in [1.54, 1.807) is 13.0 Å². The van der Waals surface area contributed by atoms with Gasteiger partial charge in [-0.25, -0.2) is 0 Å². The first kappa shape index (κ1) is 13.0. The van der Waals surface area contributed by atoms with Crippen LogP contribution < -0.4 is 0 Å². The molecule has 0 bridgehead atoms. The van der Waals surface area contributed by atoms with Crippen molar-refractivity contribution in [1.29, 1.82) is 0 Å². The van der Waals surface area contributed by atoms with E-state index in [-0.39, 0.29) is 19.7 Å². The van der Waals surface area contributed by atoms with Crippen molar-refractivity contribution < 1.29 is 22.8 Å². The lowest BCUT2D eigenvalue weighted by Crippen LogP contribution is -2.35. The normalized spacial score (nSPS) is 12.4. The number of hydrogen-bond acceptors (Lipinski definition) is 4. The maximum Gasteiger partial charge on any atom is 0.401 e. The molecule has 0 aliphatic carbocycles. The number of aromatic nitrogens is 1. The smallest absolute Gasteiger partial charge is 0.395 e. The van der Waals surface area contributed by atoms with Crippen LogP contribution in [0.3, 0.4) is 0 Å². The van der Waals surface area contributed by atoms with Gasteiger partial charge in [0, 0.05) is 19.2 Å². The molecule has 1 aromatic heterocycles.